The maximum atomic E-state index is 12.8. The maximum absolute atomic E-state index is 12.8. The summed E-state index contributed by atoms with van der Waals surface area (Å²) in [6.45, 7) is 8.12. The van der Waals surface area contributed by atoms with E-state index in [1.165, 1.54) is 6.07 Å². The zero-order chi connectivity index (χ0) is 28.4. The Kier molecular flexibility index (Phi) is 7.85. The van der Waals surface area contributed by atoms with Crippen LogP contribution in [-0.4, -0.2) is 45.7 Å². The Bertz CT molecular complexity index is 1310. The first kappa shape index (κ1) is 28.3. The van der Waals surface area contributed by atoms with Crippen LogP contribution in [0.2, 0.25) is 0 Å². The van der Waals surface area contributed by atoms with E-state index >= 15 is 0 Å². The van der Waals surface area contributed by atoms with Crippen LogP contribution in [0.4, 0.5) is 18.0 Å². The highest BCUT2D eigenvalue weighted by atomic mass is 19.4. The van der Waals surface area contributed by atoms with Gasteiger partial charge in [0, 0.05) is 24.4 Å². The Hall–Kier alpha value is -3.71. The molecule has 3 aromatic rings. The number of nitrogens with one attached hydrogen (secondary N) is 1. The van der Waals surface area contributed by atoms with E-state index < -0.39 is 36.5 Å². The second-order valence-electron chi connectivity index (χ2n) is 10.2. The fourth-order valence-corrected chi connectivity index (χ4v) is 3.94. The minimum Gasteiger partial charge on any atom is -0.489 e. The summed E-state index contributed by atoms with van der Waals surface area (Å²) in [7, 11) is -0.522. The van der Waals surface area contributed by atoms with Crippen molar-refractivity contribution in [3.63, 3.8) is 0 Å². The molecule has 4 rings (SSSR count). The number of benzene rings is 2. The molecule has 2 heterocycles. The van der Waals surface area contributed by atoms with E-state index in [0.717, 1.165) is 17.1 Å². The van der Waals surface area contributed by atoms with Crippen molar-refractivity contribution < 1.29 is 41.9 Å². The van der Waals surface area contributed by atoms with E-state index in [0.29, 0.717) is 23.4 Å². The smallest absolute Gasteiger partial charge is 0.489 e. The van der Waals surface area contributed by atoms with Gasteiger partial charge in [-0.05, 0) is 68.7 Å². The van der Waals surface area contributed by atoms with Crippen molar-refractivity contribution in [3.05, 3.63) is 71.5 Å². The lowest BCUT2D eigenvalue weighted by molar-refractivity contribution is -0.274. The SMILES string of the molecule is CC1(C)OB(c2cnn(Cc3cccc(OCc4cc(CNC(=O)O)cc(OC(F)(F)F)c4)c3)c2)OC1(C)C. The van der Waals surface area contributed by atoms with Crippen LogP contribution < -0.4 is 20.3 Å². The topological polar surface area (TPSA) is 104 Å². The van der Waals surface area contributed by atoms with Gasteiger partial charge in [-0.1, -0.05) is 18.2 Å². The summed E-state index contributed by atoms with van der Waals surface area (Å²) in [6.07, 6.45) is -2.63. The molecule has 39 heavy (non-hydrogen) atoms. The Labute approximate surface area is 224 Å². The van der Waals surface area contributed by atoms with E-state index in [2.05, 4.69) is 15.2 Å². The van der Waals surface area contributed by atoms with Crippen LogP contribution >= 0.6 is 0 Å². The molecule has 1 saturated heterocycles. The summed E-state index contributed by atoms with van der Waals surface area (Å²) >= 11 is 0. The summed E-state index contributed by atoms with van der Waals surface area (Å²) in [4.78, 5) is 10.8. The highest BCUT2D eigenvalue weighted by molar-refractivity contribution is 6.62. The number of carbonyl (C=O) groups is 1. The molecule has 2 aromatic carbocycles. The molecular formula is C26H29BF3N3O6. The third-order valence-corrected chi connectivity index (χ3v) is 6.53. The first-order chi connectivity index (χ1) is 18.2. The molecule has 1 fully saturated rings. The van der Waals surface area contributed by atoms with Crippen LogP contribution in [0.1, 0.15) is 44.4 Å². The van der Waals surface area contributed by atoms with Gasteiger partial charge in [-0.25, -0.2) is 4.79 Å². The highest BCUT2D eigenvalue weighted by Gasteiger charge is 2.52. The zero-order valence-corrected chi connectivity index (χ0v) is 21.9. The van der Waals surface area contributed by atoms with Gasteiger partial charge in [0.2, 0.25) is 0 Å². The molecule has 0 atom stereocenters. The summed E-state index contributed by atoms with van der Waals surface area (Å²) in [5.74, 6) is 0.0363. The van der Waals surface area contributed by atoms with Gasteiger partial charge in [0.15, 0.2) is 0 Å². The minimum atomic E-state index is -4.89. The normalized spacial score (nSPS) is 16.2. The third-order valence-electron chi connectivity index (χ3n) is 6.53. The minimum absolute atomic E-state index is 0.0631. The van der Waals surface area contributed by atoms with Gasteiger partial charge in [-0.3, -0.25) is 4.68 Å². The first-order valence-corrected chi connectivity index (χ1v) is 12.1. The number of nitrogens with zero attached hydrogens (tertiary/aromatic N) is 2. The molecule has 0 unspecified atom stereocenters. The molecule has 13 heteroatoms. The lowest BCUT2D eigenvalue weighted by Crippen LogP contribution is -2.41. The van der Waals surface area contributed by atoms with Crippen molar-refractivity contribution in [2.75, 3.05) is 0 Å². The van der Waals surface area contributed by atoms with Gasteiger partial charge < -0.3 is 29.2 Å². The summed E-state index contributed by atoms with van der Waals surface area (Å²) in [6, 6.07) is 11.1. The summed E-state index contributed by atoms with van der Waals surface area (Å²) < 4.78 is 62.1. The molecule has 1 aliphatic rings. The van der Waals surface area contributed by atoms with Gasteiger partial charge in [0.05, 0.1) is 17.7 Å². The van der Waals surface area contributed by atoms with Crippen molar-refractivity contribution in [2.45, 2.75) is 65.0 Å². The second kappa shape index (κ2) is 10.8. The average Bonchev–Trinajstić information content (AvgIpc) is 3.36. The van der Waals surface area contributed by atoms with Crippen LogP contribution in [-0.2, 0) is 29.0 Å². The number of hydrogen-bond acceptors (Lipinski definition) is 6. The summed E-state index contributed by atoms with van der Waals surface area (Å²) in [5, 5.41) is 15.4. The summed E-state index contributed by atoms with van der Waals surface area (Å²) in [5.41, 5.74) is 1.44. The number of rotatable bonds is 9. The monoisotopic (exact) mass is 547 g/mol. The molecule has 208 valence electrons. The molecule has 0 spiro atoms. The van der Waals surface area contributed by atoms with Crippen LogP contribution in [0, 0.1) is 0 Å². The third kappa shape index (κ3) is 7.45. The molecule has 0 bridgehead atoms. The number of carboxylic acid groups (broad SMARTS) is 1. The maximum Gasteiger partial charge on any atom is 0.573 e. The number of ether oxygens (including phenoxy) is 2. The number of aromatic nitrogens is 2. The van der Waals surface area contributed by atoms with Crippen LogP contribution in [0.15, 0.2) is 54.9 Å². The molecule has 1 amide bonds. The lowest BCUT2D eigenvalue weighted by Gasteiger charge is -2.32. The first-order valence-electron chi connectivity index (χ1n) is 12.1. The second-order valence-corrected chi connectivity index (χ2v) is 10.2. The highest BCUT2D eigenvalue weighted by Crippen LogP contribution is 2.36. The molecule has 1 aliphatic heterocycles. The molecular weight excluding hydrogens is 518 g/mol. The molecule has 0 radical (unpaired) electrons. The Morgan fingerprint density at radius 3 is 2.38 bits per heavy atom. The Morgan fingerprint density at radius 1 is 1.05 bits per heavy atom. The van der Waals surface area contributed by atoms with Crippen LogP contribution in [0.5, 0.6) is 11.5 Å². The van der Waals surface area contributed by atoms with Crippen LogP contribution in [0.3, 0.4) is 0 Å². The van der Waals surface area contributed by atoms with Gasteiger partial charge >= 0.3 is 19.6 Å². The van der Waals surface area contributed by atoms with Crippen molar-refractivity contribution in [3.8, 4) is 11.5 Å². The van der Waals surface area contributed by atoms with Gasteiger partial charge in [0.1, 0.15) is 18.1 Å². The van der Waals surface area contributed by atoms with Crippen molar-refractivity contribution in [1.29, 1.82) is 0 Å². The van der Waals surface area contributed by atoms with E-state index in [1.807, 2.05) is 40.0 Å². The van der Waals surface area contributed by atoms with Crippen molar-refractivity contribution in [1.82, 2.24) is 15.1 Å². The Morgan fingerprint density at radius 2 is 1.72 bits per heavy atom. The predicted octanol–water partition coefficient (Wildman–Crippen LogP) is 4.48. The lowest BCUT2D eigenvalue weighted by atomic mass is 9.82. The van der Waals surface area contributed by atoms with E-state index in [9.17, 15) is 18.0 Å². The van der Waals surface area contributed by atoms with Crippen LogP contribution in [0.25, 0.3) is 0 Å². The number of halogens is 3. The number of amides is 1. The fourth-order valence-electron chi connectivity index (χ4n) is 3.94. The predicted molar refractivity (Wildman–Crippen MR) is 136 cm³/mol. The zero-order valence-electron chi connectivity index (χ0n) is 21.9. The van der Waals surface area contributed by atoms with E-state index in [4.69, 9.17) is 19.2 Å². The van der Waals surface area contributed by atoms with E-state index in [-0.39, 0.29) is 13.2 Å². The molecule has 1 aromatic heterocycles. The fraction of sp³-hybridized carbons (Fsp3) is 0.385. The number of alkyl halides is 3. The van der Waals surface area contributed by atoms with Crippen molar-refractivity contribution >= 4 is 18.7 Å². The number of hydrogen-bond donors (Lipinski definition) is 2. The molecule has 2 N–H and O–H groups in total. The molecule has 9 nitrogen and oxygen atoms in total. The Balaban J connectivity index is 1.42. The van der Waals surface area contributed by atoms with Gasteiger partial charge in [0.25, 0.3) is 0 Å². The van der Waals surface area contributed by atoms with Gasteiger partial charge in [-0.15, -0.1) is 13.2 Å². The standard InChI is InChI=1S/C26H29BF3N3O6/c1-24(2)25(3,4)39-27(38-24)20-13-32-33(15-20)14-17-6-5-7-21(9-17)36-16-19-8-18(12-31-23(34)35)10-22(11-19)37-26(28,29)30/h5-11,13,15,31H,12,14,16H2,1-4H3,(H,34,35). The molecule has 0 aliphatic carbocycles. The van der Waals surface area contributed by atoms with Gasteiger partial charge in [-0.2, -0.15) is 5.10 Å². The van der Waals surface area contributed by atoms with Crippen molar-refractivity contribution in [2.24, 2.45) is 0 Å². The van der Waals surface area contributed by atoms with E-state index in [1.54, 1.807) is 35.1 Å². The quantitative estimate of drug-likeness (QED) is 0.381. The average molecular weight is 547 g/mol. The largest absolute Gasteiger partial charge is 0.573 e. The molecule has 0 saturated carbocycles.